The fraction of sp³-hybridized carbons (Fsp3) is 0.787. The molecule has 5 aliphatic heterocycles. The van der Waals surface area contributed by atoms with E-state index >= 15 is 0 Å². The smallest absolute Gasteiger partial charge is 0.444 e. The van der Waals surface area contributed by atoms with Gasteiger partial charge in [-0.3, -0.25) is 23.3 Å². The zero-order chi connectivity index (χ0) is 68.8. The van der Waals surface area contributed by atoms with Crippen molar-refractivity contribution >= 4 is 60.6 Å². The van der Waals surface area contributed by atoms with Gasteiger partial charge in [-0.1, -0.05) is 27.4 Å². The van der Waals surface area contributed by atoms with Crippen LogP contribution in [0.5, 0.6) is 0 Å². The summed E-state index contributed by atoms with van der Waals surface area (Å²) < 4.78 is 104. The van der Waals surface area contributed by atoms with E-state index in [9.17, 15) is 49.5 Å². The van der Waals surface area contributed by atoms with E-state index in [2.05, 4.69) is 62.8 Å². The topological polar surface area (TPSA) is 263 Å². The molecule has 22 nitrogen and oxygen atoms in total. The molecule has 7 heterocycles. The highest BCUT2D eigenvalue weighted by molar-refractivity contribution is 8.13. The van der Waals surface area contributed by atoms with E-state index < -0.39 is 48.4 Å². The number of halogens is 4. The molecule has 2 N–H and O–H groups in total. The van der Waals surface area contributed by atoms with Crippen molar-refractivity contribution in [1.29, 1.82) is 0 Å². The van der Waals surface area contributed by atoms with E-state index in [0.29, 0.717) is 44.1 Å². The monoisotopic (exact) mass is 1330 g/mol. The minimum Gasteiger partial charge on any atom is -0.444 e. The lowest BCUT2D eigenvalue weighted by atomic mass is 9.81. The summed E-state index contributed by atoms with van der Waals surface area (Å²) in [6.45, 7) is 38.4. The molecular formula is C61H111ClF3N9O13S2. The van der Waals surface area contributed by atoms with E-state index in [0.717, 1.165) is 89.7 Å². The average Bonchev–Trinajstić information content (AvgIpc) is 1.82. The zero-order valence-electron chi connectivity index (χ0n) is 56.5. The lowest BCUT2D eigenvalue weighted by Crippen LogP contribution is -2.43. The molecule has 7 rings (SSSR count). The predicted octanol–water partition coefficient (Wildman–Crippen LogP) is 11.9. The van der Waals surface area contributed by atoms with Gasteiger partial charge in [-0.05, 0) is 203 Å². The van der Waals surface area contributed by atoms with E-state index in [1.165, 1.54) is 12.8 Å². The minimum absolute atomic E-state index is 0. The lowest BCUT2D eigenvalue weighted by molar-refractivity contribution is -0.156. The summed E-state index contributed by atoms with van der Waals surface area (Å²) in [7, 11) is -2.12. The molecule has 4 fully saturated rings. The number of ether oxygens (including phenoxy) is 3. The summed E-state index contributed by atoms with van der Waals surface area (Å²) >= 11 is 0. The maximum Gasteiger partial charge on any atom is 0.446 e. The van der Waals surface area contributed by atoms with Gasteiger partial charge in [0.25, 0.3) is 10.1 Å². The fourth-order valence-corrected chi connectivity index (χ4v) is 10.1. The molecule has 89 heavy (non-hydrogen) atoms. The SMILES string of the molecule is C.C1=CCN=C1.CC.CC(C)(C1CCNCC1)n1cccn1.CC(C1CCN(C(=O)OC(C)(C)C)CC1)n1cccn1.CC(O)C1CCN(C(=O)OC(C)(C)C)CC1.CC(OS(C)(=O)=O)C1CCN(C(=O)OC(C)(C)C)CC1.CS(=O)(=O)Cl.[2H]C(=O)C(F)(F)F. The van der Waals surface area contributed by atoms with Crippen LogP contribution in [0.15, 0.2) is 54.1 Å². The number of aliphatic hydroxyl groups is 1. The average molecular weight is 1340 g/mol. The van der Waals surface area contributed by atoms with Crippen molar-refractivity contribution in [2.24, 2.45) is 28.7 Å². The fourth-order valence-electron chi connectivity index (χ4n) is 9.38. The molecule has 4 saturated heterocycles. The summed E-state index contributed by atoms with van der Waals surface area (Å²) in [5.41, 5.74) is -1.19. The molecule has 0 spiro atoms. The van der Waals surface area contributed by atoms with Crippen molar-refractivity contribution < 1.29 is 74.1 Å². The molecular weight excluding hydrogens is 1220 g/mol. The number of piperidine rings is 4. The van der Waals surface area contributed by atoms with Crippen molar-refractivity contribution in [3.63, 3.8) is 0 Å². The Hall–Kier alpha value is -4.83. The highest BCUT2D eigenvalue weighted by Gasteiger charge is 2.35. The van der Waals surface area contributed by atoms with Gasteiger partial charge in [0.15, 0.2) is 0 Å². The number of amides is 3. The van der Waals surface area contributed by atoms with Gasteiger partial charge in [0.2, 0.25) is 15.3 Å². The van der Waals surface area contributed by atoms with Gasteiger partial charge in [-0.25, -0.2) is 22.8 Å². The van der Waals surface area contributed by atoms with E-state index in [1.54, 1.807) is 22.9 Å². The molecule has 3 atom stereocenters. The van der Waals surface area contributed by atoms with Crippen LogP contribution in [0.2, 0.25) is 0 Å². The number of likely N-dealkylation sites (tertiary alicyclic amines) is 3. The predicted molar refractivity (Wildman–Crippen MR) is 346 cm³/mol. The third-order valence-electron chi connectivity index (χ3n) is 14.0. The Morgan fingerprint density at radius 1 is 0.674 bits per heavy atom. The molecule has 28 heteroatoms. The number of aliphatic hydroxyl groups excluding tert-OH is 1. The van der Waals surface area contributed by atoms with Crippen LogP contribution >= 0.6 is 10.7 Å². The Morgan fingerprint density at radius 3 is 1.33 bits per heavy atom. The number of aliphatic imine (C=N–C) groups is 1. The number of nitrogens with zero attached hydrogens (tertiary/aromatic N) is 8. The Morgan fingerprint density at radius 2 is 1.04 bits per heavy atom. The first kappa shape index (κ1) is 84.2. The lowest BCUT2D eigenvalue weighted by Gasteiger charge is -2.37. The van der Waals surface area contributed by atoms with E-state index in [4.69, 9.17) is 24.6 Å². The van der Waals surface area contributed by atoms with Crippen LogP contribution < -0.4 is 5.32 Å². The van der Waals surface area contributed by atoms with Gasteiger partial charge >= 0.3 is 24.5 Å². The number of alkyl halides is 3. The summed E-state index contributed by atoms with van der Waals surface area (Å²) in [4.78, 5) is 53.7. The maximum atomic E-state index is 12.0. The number of hydrogen-bond acceptors (Lipinski definition) is 17. The van der Waals surface area contributed by atoms with Crippen LogP contribution in [0.25, 0.3) is 0 Å². The molecule has 0 bridgehead atoms. The molecule has 518 valence electrons. The van der Waals surface area contributed by atoms with Crippen LogP contribution in [0.4, 0.5) is 27.6 Å². The maximum absolute atomic E-state index is 12.0. The molecule has 2 aromatic rings. The number of carbonyl (C=O) groups is 4. The third-order valence-corrected chi connectivity index (χ3v) is 14.6. The third kappa shape index (κ3) is 41.3. The quantitative estimate of drug-likeness (QED) is 0.108. The Kier molecular flexibility index (Phi) is 38.7. The molecule has 3 unspecified atom stereocenters. The largest absolute Gasteiger partial charge is 0.446 e. The van der Waals surface area contributed by atoms with E-state index in [1.807, 2.05) is 136 Å². The molecule has 0 aliphatic carbocycles. The summed E-state index contributed by atoms with van der Waals surface area (Å²) in [6.07, 6.45) is 14.3. The van der Waals surface area contributed by atoms with Crippen LogP contribution in [0, 0.1) is 23.7 Å². The van der Waals surface area contributed by atoms with Gasteiger partial charge in [-0.15, -0.1) is 0 Å². The first-order chi connectivity index (χ1) is 40.8. The number of aldehydes is 1. The number of aromatic nitrogens is 4. The number of allylic oxidation sites excluding steroid dienone is 1. The highest BCUT2D eigenvalue weighted by Crippen LogP contribution is 2.32. The second-order valence-corrected chi connectivity index (χ2v) is 29.9. The van der Waals surface area contributed by atoms with Gasteiger partial charge in [0.1, 0.15) is 18.2 Å². The highest BCUT2D eigenvalue weighted by atomic mass is 35.7. The molecule has 5 aliphatic rings. The number of rotatable bonds is 8. The van der Waals surface area contributed by atoms with Crippen LogP contribution in [0.1, 0.15) is 177 Å². The van der Waals surface area contributed by atoms with Crippen molar-refractivity contribution in [3.8, 4) is 0 Å². The van der Waals surface area contributed by atoms with Crippen LogP contribution in [-0.4, -0.2) is 194 Å². The first-order valence-corrected chi connectivity index (χ1v) is 34.6. The van der Waals surface area contributed by atoms with Gasteiger partial charge in [-0.2, -0.15) is 31.8 Å². The van der Waals surface area contributed by atoms with Gasteiger partial charge in [0, 0.05) is 81.0 Å². The van der Waals surface area contributed by atoms with Crippen molar-refractivity contribution in [1.82, 2.24) is 39.6 Å². The number of hydrogen-bond donors (Lipinski definition) is 2. The normalized spacial score (nSPS) is 18.1. The Bertz CT molecular complexity index is 2590. The molecule has 0 aromatic carbocycles. The Labute approximate surface area is 537 Å². The van der Waals surface area contributed by atoms with Crippen molar-refractivity contribution in [2.45, 2.75) is 216 Å². The van der Waals surface area contributed by atoms with Gasteiger partial charge < -0.3 is 39.3 Å². The van der Waals surface area contributed by atoms with Crippen LogP contribution in [0.3, 0.4) is 0 Å². The minimum atomic E-state index is -4.97. The second kappa shape index (κ2) is 40.9. The molecule has 2 aromatic heterocycles. The van der Waals surface area contributed by atoms with Crippen molar-refractivity contribution in [2.75, 3.05) is 71.4 Å². The summed E-state index contributed by atoms with van der Waals surface area (Å²) in [5, 5.41) is 21.5. The summed E-state index contributed by atoms with van der Waals surface area (Å²) in [6, 6.07) is 4.33. The van der Waals surface area contributed by atoms with Crippen LogP contribution in [-0.2, 0) is 47.9 Å². The molecule has 0 radical (unpaired) electrons. The van der Waals surface area contributed by atoms with Gasteiger partial charge in [0.05, 0.1) is 42.8 Å². The number of nitrogens with one attached hydrogen (secondary N) is 1. The first-order valence-electron chi connectivity index (χ1n) is 30.6. The zero-order valence-corrected chi connectivity index (χ0v) is 57.9. The Balaban J connectivity index is 0. The van der Waals surface area contributed by atoms with Crippen molar-refractivity contribution in [3.05, 3.63) is 49.1 Å². The number of carbonyl (C=O) groups excluding carboxylic acids is 4. The second-order valence-electron chi connectivity index (χ2n) is 25.2. The molecule has 3 amide bonds. The summed E-state index contributed by atoms with van der Waals surface area (Å²) in [5.74, 6) is 1.76. The van der Waals surface area contributed by atoms with E-state index in [-0.39, 0.29) is 49.4 Å². The molecule has 0 saturated carbocycles. The standard InChI is InChI=1S/C15H25N3O2.C13H25NO5S.C12H23NO3.C11H19N3.C4H5N.C2HF3O.C2H6.CH3ClO2S.CH4/c1-12(18-9-5-8-16-18)13-6-10-17(11-7-13)14(19)20-15(2,3)4;1-10(19-20(5,16)17)11-6-8-14(9-7-11)12(15)18-13(2,3)4;1-9(14)10-5-7-13(8-6-10)11(15)16-12(2,3)4;1-11(2,14-9-3-6-13-14)10-4-7-12-8-5-10;1-2-4-5-3-1;3-2(4,5)1-6;1-2;1-5(2,3)4;/h5,8-9,12-13H,6-7,10-11H2,1-4H3;10-11H,6-9H2,1-5H3;9-10,14H,5-8H2,1-4H3;3,6,9-10,12H,4-5,7-8H2,1-2H3;1-3H,4H2;1H;1-2H3;1H3;1H4/i;;;;;1D;;;.